The molecule has 1 aromatic heterocycles. The third-order valence-corrected chi connectivity index (χ3v) is 3.86. The van der Waals surface area contributed by atoms with Crippen LogP contribution < -0.4 is 10.2 Å². The summed E-state index contributed by atoms with van der Waals surface area (Å²) in [6.07, 6.45) is 4.56. The molecule has 0 spiro atoms. The van der Waals surface area contributed by atoms with Gasteiger partial charge < -0.3 is 10.2 Å². The maximum atomic E-state index is 4.56. The first-order chi connectivity index (χ1) is 8.04. The van der Waals surface area contributed by atoms with E-state index in [1.807, 2.05) is 13.2 Å². The van der Waals surface area contributed by atoms with Crippen molar-refractivity contribution in [1.82, 2.24) is 10.3 Å². The molecule has 17 heavy (non-hydrogen) atoms. The maximum Gasteiger partial charge on any atom is 0.0571 e. The van der Waals surface area contributed by atoms with Crippen LogP contribution >= 0.6 is 0 Å². The van der Waals surface area contributed by atoms with Gasteiger partial charge in [0, 0.05) is 18.1 Å². The predicted octanol–water partition coefficient (Wildman–Crippen LogP) is 2.74. The summed E-state index contributed by atoms with van der Waals surface area (Å²) in [6, 6.07) is 4.64. The van der Waals surface area contributed by atoms with E-state index in [4.69, 9.17) is 0 Å². The Morgan fingerprint density at radius 3 is 2.65 bits per heavy atom. The number of nitrogens with one attached hydrogen (secondary N) is 1. The molecule has 1 N–H and O–H groups in total. The second-order valence-corrected chi connectivity index (χ2v) is 5.52. The number of hydrogen-bond acceptors (Lipinski definition) is 3. The van der Waals surface area contributed by atoms with Crippen LogP contribution in [0.1, 0.15) is 45.3 Å². The highest BCUT2D eigenvalue weighted by Gasteiger charge is 2.31. The predicted molar refractivity (Wildman–Crippen MR) is 72.4 cm³/mol. The van der Waals surface area contributed by atoms with Gasteiger partial charge in [-0.3, -0.25) is 4.98 Å². The Morgan fingerprint density at radius 1 is 1.41 bits per heavy atom. The molecule has 1 aliphatic rings. The zero-order valence-corrected chi connectivity index (χ0v) is 11.3. The zero-order chi connectivity index (χ0) is 12.5. The number of pyridine rings is 1. The van der Waals surface area contributed by atoms with Crippen LogP contribution in [0.25, 0.3) is 0 Å². The molecule has 0 radical (unpaired) electrons. The number of nitrogens with zero attached hydrogens (tertiary/aromatic N) is 2. The van der Waals surface area contributed by atoms with Gasteiger partial charge in [-0.05, 0) is 52.8 Å². The standard InChI is InChI=1S/C14H23N3/c1-11(15-4)13-7-6-12(10-16-13)17-9-5-8-14(17,2)3/h6-7,10-11,15H,5,8-9H2,1-4H3. The minimum atomic E-state index is 0.276. The molecule has 0 aliphatic carbocycles. The first-order valence-corrected chi connectivity index (χ1v) is 6.45. The highest BCUT2D eigenvalue weighted by molar-refractivity contribution is 5.48. The Labute approximate surface area is 104 Å². The van der Waals surface area contributed by atoms with Gasteiger partial charge in [-0.15, -0.1) is 0 Å². The van der Waals surface area contributed by atoms with Gasteiger partial charge in [0.05, 0.1) is 17.6 Å². The van der Waals surface area contributed by atoms with E-state index in [0.29, 0.717) is 6.04 Å². The highest BCUT2D eigenvalue weighted by atomic mass is 15.2. The van der Waals surface area contributed by atoms with E-state index >= 15 is 0 Å². The van der Waals surface area contributed by atoms with Gasteiger partial charge in [0.2, 0.25) is 0 Å². The summed E-state index contributed by atoms with van der Waals surface area (Å²) in [4.78, 5) is 7.02. The Hall–Kier alpha value is -1.09. The van der Waals surface area contributed by atoms with Crippen molar-refractivity contribution in [2.75, 3.05) is 18.5 Å². The van der Waals surface area contributed by atoms with Crippen molar-refractivity contribution in [2.24, 2.45) is 0 Å². The van der Waals surface area contributed by atoms with Crippen LogP contribution in [-0.4, -0.2) is 24.1 Å². The minimum Gasteiger partial charge on any atom is -0.365 e. The summed E-state index contributed by atoms with van der Waals surface area (Å²) in [6.45, 7) is 7.89. The molecule has 2 heterocycles. The lowest BCUT2D eigenvalue weighted by molar-refractivity contribution is 0.517. The maximum absolute atomic E-state index is 4.56. The molecule has 2 rings (SSSR count). The zero-order valence-electron chi connectivity index (χ0n) is 11.3. The molecular formula is C14H23N3. The van der Waals surface area contributed by atoms with Gasteiger partial charge in [0.25, 0.3) is 0 Å². The molecule has 0 amide bonds. The van der Waals surface area contributed by atoms with Crippen LogP contribution in [0, 0.1) is 0 Å². The van der Waals surface area contributed by atoms with Gasteiger partial charge >= 0.3 is 0 Å². The van der Waals surface area contributed by atoms with Gasteiger partial charge in [-0.2, -0.15) is 0 Å². The van der Waals surface area contributed by atoms with E-state index in [9.17, 15) is 0 Å². The van der Waals surface area contributed by atoms with Crippen LogP contribution in [0.3, 0.4) is 0 Å². The van der Waals surface area contributed by atoms with Crippen molar-refractivity contribution in [3.63, 3.8) is 0 Å². The summed E-state index contributed by atoms with van der Waals surface area (Å²) in [5.41, 5.74) is 2.63. The second-order valence-electron chi connectivity index (χ2n) is 5.52. The third-order valence-electron chi connectivity index (χ3n) is 3.86. The van der Waals surface area contributed by atoms with E-state index in [1.54, 1.807) is 0 Å². The van der Waals surface area contributed by atoms with Gasteiger partial charge in [-0.25, -0.2) is 0 Å². The smallest absolute Gasteiger partial charge is 0.0571 e. The fourth-order valence-corrected chi connectivity index (χ4v) is 2.55. The van der Waals surface area contributed by atoms with Gasteiger partial charge in [0.1, 0.15) is 0 Å². The van der Waals surface area contributed by atoms with Crippen molar-refractivity contribution in [1.29, 1.82) is 0 Å². The molecular weight excluding hydrogens is 210 g/mol. The first kappa shape index (κ1) is 12.4. The largest absolute Gasteiger partial charge is 0.365 e. The average Bonchev–Trinajstić information content (AvgIpc) is 2.68. The SMILES string of the molecule is CNC(C)c1ccc(N2CCCC2(C)C)cn1. The summed E-state index contributed by atoms with van der Waals surface area (Å²) in [5, 5.41) is 3.21. The lowest BCUT2D eigenvalue weighted by Crippen LogP contribution is -2.38. The molecule has 3 nitrogen and oxygen atoms in total. The van der Waals surface area contributed by atoms with Crippen molar-refractivity contribution in [3.05, 3.63) is 24.0 Å². The molecule has 0 bridgehead atoms. The van der Waals surface area contributed by atoms with Crippen LogP contribution in [-0.2, 0) is 0 Å². The quantitative estimate of drug-likeness (QED) is 0.870. The Balaban J connectivity index is 2.18. The fraction of sp³-hybridized carbons (Fsp3) is 0.643. The highest BCUT2D eigenvalue weighted by Crippen LogP contribution is 2.33. The summed E-state index contributed by atoms with van der Waals surface area (Å²) in [5.74, 6) is 0. The third kappa shape index (κ3) is 2.44. The van der Waals surface area contributed by atoms with Crippen molar-refractivity contribution >= 4 is 5.69 Å². The fourth-order valence-electron chi connectivity index (χ4n) is 2.55. The summed E-state index contributed by atoms with van der Waals surface area (Å²) >= 11 is 0. The van der Waals surface area contributed by atoms with E-state index in [-0.39, 0.29) is 5.54 Å². The van der Waals surface area contributed by atoms with Crippen LogP contribution in [0.15, 0.2) is 18.3 Å². The molecule has 1 aromatic rings. The van der Waals surface area contributed by atoms with E-state index in [2.05, 4.69) is 48.1 Å². The lowest BCUT2D eigenvalue weighted by Gasteiger charge is -2.33. The van der Waals surface area contributed by atoms with Crippen molar-refractivity contribution < 1.29 is 0 Å². The van der Waals surface area contributed by atoms with Gasteiger partial charge in [0.15, 0.2) is 0 Å². The Morgan fingerprint density at radius 2 is 2.18 bits per heavy atom. The summed E-state index contributed by atoms with van der Waals surface area (Å²) in [7, 11) is 1.96. The molecule has 1 fully saturated rings. The number of rotatable bonds is 3. The summed E-state index contributed by atoms with van der Waals surface area (Å²) < 4.78 is 0. The Kier molecular flexibility index (Phi) is 3.38. The van der Waals surface area contributed by atoms with Crippen LogP contribution in [0.4, 0.5) is 5.69 Å². The van der Waals surface area contributed by atoms with E-state index < -0.39 is 0 Å². The average molecular weight is 233 g/mol. The monoisotopic (exact) mass is 233 g/mol. The molecule has 1 atom stereocenters. The van der Waals surface area contributed by atoms with Crippen molar-refractivity contribution in [2.45, 2.75) is 45.2 Å². The van der Waals surface area contributed by atoms with Crippen LogP contribution in [0.2, 0.25) is 0 Å². The number of anilines is 1. The molecule has 1 saturated heterocycles. The van der Waals surface area contributed by atoms with Gasteiger partial charge in [-0.1, -0.05) is 0 Å². The van der Waals surface area contributed by atoms with E-state index in [0.717, 1.165) is 12.2 Å². The van der Waals surface area contributed by atoms with E-state index in [1.165, 1.54) is 18.5 Å². The topological polar surface area (TPSA) is 28.2 Å². The molecule has 1 aliphatic heterocycles. The number of hydrogen-bond donors (Lipinski definition) is 1. The first-order valence-electron chi connectivity index (χ1n) is 6.45. The molecule has 1 unspecified atom stereocenters. The molecule has 3 heteroatoms. The molecule has 0 aromatic carbocycles. The Bertz CT molecular complexity index is 370. The van der Waals surface area contributed by atoms with Crippen molar-refractivity contribution in [3.8, 4) is 0 Å². The second kappa shape index (κ2) is 4.65. The normalized spacial score (nSPS) is 20.6. The van der Waals surface area contributed by atoms with Crippen LogP contribution in [0.5, 0.6) is 0 Å². The minimum absolute atomic E-state index is 0.276. The number of aromatic nitrogens is 1. The lowest BCUT2D eigenvalue weighted by atomic mass is 10.0. The molecule has 94 valence electrons. The molecule has 0 saturated carbocycles.